The number of carbonyl (C=O) groups is 1. The van der Waals surface area contributed by atoms with E-state index in [-0.39, 0.29) is 5.91 Å². The lowest BCUT2D eigenvalue weighted by Gasteiger charge is -2.30. The van der Waals surface area contributed by atoms with Crippen molar-refractivity contribution in [2.75, 3.05) is 25.6 Å². The second-order valence-corrected chi connectivity index (χ2v) is 5.67. The third kappa shape index (κ3) is 3.86. The van der Waals surface area contributed by atoms with Crippen molar-refractivity contribution < 1.29 is 9.53 Å². The first kappa shape index (κ1) is 16.3. The maximum atomic E-state index is 12.2. The fourth-order valence-electron chi connectivity index (χ4n) is 2.85. The van der Waals surface area contributed by atoms with Gasteiger partial charge < -0.3 is 15.0 Å². The molecule has 126 valence electrons. The molecule has 2 aromatic rings. The van der Waals surface area contributed by atoms with Crippen molar-refractivity contribution in [2.45, 2.75) is 25.9 Å². The standard InChI is InChI=1S/C17H21N5O2/c1-24-8-4-16(23)22-7-3-15-13(9-18-10-14(15)12-22)11-21-17-19-5-2-6-20-17/h2,5-6,9-10H,3-4,7-8,11-12H2,1H3,(H,19,20,21). The molecule has 0 fully saturated rings. The molecule has 0 bridgehead atoms. The van der Waals surface area contributed by atoms with Crippen LogP contribution in [0, 0.1) is 0 Å². The van der Waals surface area contributed by atoms with E-state index in [4.69, 9.17) is 4.74 Å². The molecule has 0 aliphatic carbocycles. The second-order valence-electron chi connectivity index (χ2n) is 5.67. The van der Waals surface area contributed by atoms with E-state index in [9.17, 15) is 4.79 Å². The van der Waals surface area contributed by atoms with Gasteiger partial charge in [-0.05, 0) is 29.2 Å². The van der Waals surface area contributed by atoms with Gasteiger partial charge in [-0.1, -0.05) is 0 Å². The lowest BCUT2D eigenvalue weighted by molar-refractivity contribution is -0.133. The Morgan fingerprint density at radius 2 is 2.17 bits per heavy atom. The van der Waals surface area contributed by atoms with Crippen LogP contribution < -0.4 is 5.32 Å². The lowest BCUT2D eigenvalue weighted by Crippen LogP contribution is -2.37. The van der Waals surface area contributed by atoms with Crippen LogP contribution in [0.25, 0.3) is 0 Å². The SMILES string of the molecule is COCCC(=O)N1CCc2c(CNc3ncccn3)cncc2C1. The van der Waals surface area contributed by atoms with E-state index in [1.165, 1.54) is 5.56 Å². The minimum atomic E-state index is 0.128. The molecule has 2 aromatic heterocycles. The van der Waals surface area contributed by atoms with Gasteiger partial charge in [0.2, 0.25) is 11.9 Å². The van der Waals surface area contributed by atoms with Crippen LogP contribution in [0.5, 0.6) is 0 Å². The minimum absolute atomic E-state index is 0.128. The Kier molecular flexibility index (Phi) is 5.32. The van der Waals surface area contributed by atoms with Gasteiger partial charge in [-0.15, -0.1) is 0 Å². The van der Waals surface area contributed by atoms with E-state index < -0.39 is 0 Å². The summed E-state index contributed by atoms with van der Waals surface area (Å²) in [6, 6.07) is 1.78. The first-order valence-corrected chi connectivity index (χ1v) is 8.00. The number of hydrogen-bond donors (Lipinski definition) is 1. The maximum absolute atomic E-state index is 12.2. The molecule has 3 heterocycles. The predicted molar refractivity (Wildman–Crippen MR) is 89.2 cm³/mol. The minimum Gasteiger partial charge on any atom is -0.384 e. The largest absolute Gasteiger partial charge is 0.384 e. The molecular weight excluding hydrogens is 306 g/mol. The smallest absolute Gasteiger partial charge is 0.225 e. The Hall–Kier alpha value is -2.54. The number of amides is 1. The van der Waals surface area contributed by atoms with Gasteiger partial charge in [0, 0.05) is 51.5 Å². The van der Waals surface area contributed by atoms with Crippen molar-refractivity contribution >= 4 is 11.9 Å². The zero-order chi connectivity index (χ0) is 16.8. The third-order valence-corrected chi connectivity index (χ3v) is 4.10. The molecule has 1 amide bonds. The van der Waals surface area contributed by atoms with Crippen LogP contribution in [0.15, 0.2) is 30.9 Å². The molecule has 0 spiro atoms. The summed E-state index contributed by atoms with van der Waals surface area (Å²) < 4.78 is 4.99. The summed E-state index contributed by atoms with van der Waals surface area (Å²) in [5.41, 5.74) is 3.51. The summed E-state index contributed by atoms with van der Waals surface area (Å²) in [4.78, 5) is 26.7. The molecule has 24 heavy (non-hydrogen) atoms. The normalized spacial score (nSPS) is 13.5. The number of fused-ring (bicyclic) bond motifs is 1. The Morgan fingerprint density at radius 3 is 2.96 bits per heavy atom. The summed E-state index contributed by atoms with van der Waals surface area (Å²) in [6.07, 6.45) is 8.40. The number of rotatable bonds is 6. The summed E-state index contributed by atoms with van der Waals surface area (Å²) in [6.45, 7) is 2.42. The van der Waals surface area contributed by atoms with E-state index in [2.05, 4.69) is 20.3 Å². The zero-order valence-corrected chi connectivity index (χ0v) is 13.7. The summed E-state index contributed by atoms with van der Waals surface area (Å²) in [5, 5.41) is 3.21. The van der Waals surface area contributed by atoms with Crippen LogP contribution in [0.3, 0.4) is 0 Å². The number of ether oxygens (including phenoxy) is 1. The highest BCUT2D eigenvalue weighted by Crippen LogP contribution is 2.22. The van der Waals surface area contributed by atoms with Crippen LogP contribution in [0.2, 0.25) is 0 Å². The maximum Gasteiger partial charge on any atom is 0.225 e. The molecule has 0 radical (unpaired) electrons. The van der Waals surface area contributed by atoms with Gasteiger partial charge >= 0.3 is 0 Å². The summed E-state index contributed by atoms with van der Waals surface area (Å²) in [5.74, 6) is 0.728. The molecule has 7 nitrogen and oxygen atoms in total. The number of nitrogens with one attached hydrogen (secondary N) is 1. The van der Waals surface area contributed by atoms with Crippen LogP contribution in [0.1, 0.15) is 23.1 Å². The lowest BCUT2D eigenvalue weighted by atomic mass is 9.97. The van der Waals surface area contributed by atoms with E-state index in [0.29, 0.717) is 32.1 Å². The highest BCUT2D eigenvalue weighted by Gasteiger charge is 2.22. The van der Waals surface area contributed by atoms with Gasteiger partial charge in [0.25, 0.3) is 0 Å². The Morgan fingerprint density at radius 1 is 1.33 bits per heavy atom. The van der Waals surface area contributed by atoms with Gasteiger partial charge in [0.05, 0.1) is 13.0 Å². The van der Waals surface area contributed by atoms with Crippen molar-refractivity contribution in [3.05, 3.63) is 47.5 Å². The van der Waals surface area contributed by atoms with Crippen LogP contribution in [-0.4, -0.2) is 46.0 Å². The van der Waals surface area contributed by atoms with Crippen LogP contribution in [0.4, 0.5) is 5.95 Å². The Bertz CT molecular complexity index is 693. The third-order valence-electron chi connectivity index (χ3n) is 4.10. The van der Waals surface area contributed by atoms with Gasteiger partial charge in [0.15, 0.2) is 0 Å². The number of pyridine rings is 1. The molecule has 0 unspecified atom stereocenters. The van der Waals surface area contributed by atoms with Crippen molar-refractivity contribution in [3.63, 3.8) is 0 Å². The van der Waals surface area contributed by atoms with Crippen molar-refractivity contribution in [3.8, 4) is 0 Å². The number of aromatic nitrogens is 3. The molecule has 1 aliphatic rings. The van der Waals surface area contributed by atoms with E-state index >= 15 is 0 Å². The molecule has 7 heteroatoms. The van der Waals surface area contributed by atoms with Crippen molar-refractivity contribution in [1.82, 2.24) is 19.9 Å². The molecule has 0 saturated carbocycles. The van der Waals surface area contributed by atoms with E-state index in [1.807, 2.05) is 17.3 Å². The topological polar surface area (TPSA) is 80.2 Å². The molecule has 1 aliphatic heterocycles. The Labute approximate surface area is 141 Å². The quantitative estimate of drug-likeness (QED) is 0.864. The fraction of sp³-hybridized carbons (Fsp3) is 0.412. The summed E-state index contributed by atoms with van der Waals surface area (Å²) in [7, 11) is 1.61. The zero-order valence-electron chi connectivity index (χ0n) is 13.7. The molecule has 1 N–H and O–H groups in total. The molecule has 0 atom stereocenters. The number of hydrogen-bond acceptors (Lipinski definition) is 6. The first-order chi connectivity index (χ1) is 11.8. The Balaban J connectivity index is 1.67. The number of carbonyl (C=O) groups excluding carboxylic acids is 1. The van der Waals surface area contributed by atoms with E-state index in [1.54, 1.807) is 25.6 Å². The highest BCUT2D eigenvalue weighted by molar-refractivity contribution is 5.76. The van der Waals surface area contributed by atoms with Gasteiger partial charge in [-0.2, -0.15) is 0 Å². The van der Waals surface area contributed by atoms with Crippen molar-refractivity contribution in [1.29, 1.82) is 0 Å². The van der Waals surface area contributed by atoms with Crippen LogP contribution >= 0.6 is 0 Å². The average molecular weight is 327 g/mol. The monoisotopic (exact) mass is 327 g/mol. The molecule has 3 rings (SSSR count). The average Bonchev–Trinajstić information content (AvgIpc) is 2.64. The fourth-order valence-corrected chi connectivity index (χ4v) is 2.85. The van der Waals surface area contributed by atoms with Gasteiger partial charge in [0.1, 0.15) is 0 Å². The van der Waals surface area contributed by atoms with Crippen molar-refractivity contribution in [2.24, 2.45) is 0 Å². The van der Waals surface area contributed by atoms with Gasteiger partial charge in [-0.3, -0.25) is 9.78 Å². The van der Waals surface area contributed by atoms with Gasteiger partial charge in [-0.25, -0.2) is 9.97 Å². The molecular formula is C17H21N5O2. The highest BCUT2D eigenvalue weighted by atomic mass is 16.5. The summed E-state index contributed by atoms with van der Waals surface area (Å²) >= 11 is 0. The number of anilines is 1. The molecule has 0 saturated heterocycles. The van der Waals surface area contributed by atoms with Crippen LogP contribution in [-0.2, 0) is 29.0 Å². The second kappa shape index (κ2) is 7.83. The number of nitrogens with zero attached hydrogens (tertiary/aromatic N) is 4. The predicted octanol–water partition coefficient (Wildman–Crippen LogP) is 1.40. The van der Waals surface area contributed by atoms with E-state index in [0.717, 1.165) is 24.1 Å². The first-order valence-electron chi connectivity index (χ1n) is 8.00. The molecule has 0 aromatic carbocycles. The number of methoxy groups -OCH3 is 1.